The molecule has 3 N–H and O–H groups in total. The van der Waals surface area contributed by atoms with Gasteiger partial charge in [-0.3, -0.25) is 11.3 Å². The van der Waals surface area contributed by atoms with Gasteiger partial charge in [0.15, 0.2) is 0 Å². The number of aryl methyl sites for hydroxylation is 1. The van der Waals surface area contributed by atoms with Crippen LogP contribution in [0.15, 0.2) is 27.4 Å². The molecular formula is C11H13BrN2S2. The van der Waals surface area contributed by atoms with E-state index in [0.717, 1.165) is 6.42 Å². The molecule has 2 rings (SSSR count). The molecule has 0 aliphatic carbocycles. The van der Waals surface area contributed by atoms with Crippen molar-refractivity contribution in [2.75, 3.05) is 0 Å². The average Bonchev–Trinajstić information content (AvgIpc) is 2.86. The standard InChI is InChI=1S/C11H13BrN2S2/c1-7-5-10(16-11(7)12)9(14-13)6-8-3-2-4-15-8/h2-5,9,14H,6,13H2,1H3. The first kappa shape index (κ1) is 12.3. The van der Waals surface area contributed by atoms with Gasteiger partial charge >= 0.3 is 0 Å². The molecule has 0 aromatic carbocycles. The third kappa shape index (κ3) is 2.73. The van der Waals surface area contributed by atoms with Gasteiger partial charge in [0, 0.05) is 16.2 Å². The molecule has 2 aromatic rings. The van der Waals surface area contributed by atoms with E-state index < -0.39 is 0 Å². The fourth-order valence-electron chi connectivity index (χ4n) is 1.53. The number of hydrogen-bond acceptors (Lipinski definition) is 4. The lowest BCUT2D eigenvalue weighted by molar-refractivity contribution is 0.564. The first-order chi connectivity index (χ1) is 7.70. The van der Waals surface area contributed by atoms with Gasteiger partial charge in [0.05, 0.1) is 9.83 Å². The molecule has 16 heavy (non-hydrogen) atoms. The van der Waals surface area contributed by atoms with Crippen molar-refractivity contribution in [3.05, 3.63) is 42.7 Å². The number of hydrogen-bond donors (Lipinski definition) is 2. The Kier molecular flexibility index (Phi) is 4.16. The van der Waals surface area contributed by atoms with Gasteiger partial charge in [-0.1, -0.05) is 6.07 Å². The lowest BCUT2D eigenvalue weighted by Crippen LogP contribution is -2.28. The summed E-state index contributed by atoms with van der Waals surface area (Å²) in [6.07, 6.45) is 0.945. The van der Waals surface area contributed by atoms with Crippen LogP contribution in [0, 0.1) is 6.92 Å². The smallest absolute Gasteiger partial charge is 0.0731 e. The Morgan fingerprint density at radius 3 is 2.88 bits per heavy atom. The monoisotopic (exact) mass is 316 g/mol. The molecule has 0 aliphatic heterocycles. The number of nitrogens with two attached hydrogens (primary N) is 1. The predicted octanol–water partition coefficient (Wildman–Crippen LogP) is 3.63. The van der Waals surface area contributed by atoms with Crippen LogP contribution >= 0.6 is 38.6 Å². The van der Waals surface area contributed by atoms with E-state index in [1.54, 1.807) is 22.7 Å². The molecule has 2 heterocycles. The summed E-state index contributed by atoms with van der Waals surface area (Å²) < 4.78 is 1.19. The summed E-state index contributed by atoms with van der Waals surface area (Å²) in [4.78, 5) is 2.63. The van der Waals surface area contributed by atoms with Crippen molar-refractivity contribution < 1.29 is 0 Å². The zero-order valence-corrected chi connectivity index (χ0v) is 12.1. The first-order valence-corrected chi connectivity index (χ1v) is 7.44. The average molecular weight is 317 g/mol. The summed E-state index contributed by atoms with van der Waals surface area (Å²) in [5.41, 5.74) is 4.16. The second kappa shape index (κ2) is 5.42. The van der Waals surface area contributed by atoms with Crippen LogP contribution in [0.2, 0.25) is 0 Å². The van der Waals surface area contributed by atoms with E-state index in [-0.39, 0.29) is 6.04 Å². The highest BCUT2D eigenvalue weighted by atomic mass is 79.9. The largest absolute Gasteiger partial charge is 0.271 e. The Hall–Kier alpha value is -0.200. The molecule has 0 aliphatic rings. The molecule has 0 spiro atoms. The maximum Gasteiger partial charge on any atom is 0.0731 e. The summed E-state index contributed by atoms with van der Waals surface area (Å²) in [5, 5.41) is 2.10. The maximum absolute atomic E-state index is 5.63. The van der Waals surface area contributed by atoms with Gasteiger partial charge in [0.25, 0.3) is 0 Å². The Labute approximate surface area is 112 Å². The van der Waals surface area contributed by atoms with E-state index in [4.69, 9.17) is 5.84 Å². The first-order valence-electron chi connectivity index (χ1n) is 4.95. The van der Waals surface area contributed by atoms with Crippen LogP contribution in [0.4, 0.5) is 0 Å². The van der Waals surface area contributed by atoms with Crippen molar-refractivity contribution >= 4 is 38.6 Å². The van der Waals surface area contributed by atoms with Gasteiger partial charge in [-0.05, 0) is 45.9 Å². The molecule has 0 amide bonds. The Morgan fingerprint density at radius 1 is 1.56 bits per heavy atom. The van der Waals surface area contributed by atoms with E-state index in [9.17, 15) is 0 Å². The molecule has 1 atom stereocenters. The molecule has 0 radical (unpaired) electrons. The number of rotatable bonds is 4. The second-order valence-corrected chi connectivity index (χ2v) is 7.04. The van der Waals surface area contributed by atoms with E-state index in [1.807, 2.05) is 0 Å². The van der Waals surface area contributed by atoms with Crippen LogP contribution in [-0.2, 0) is 6.42 Å². The molecule has 0 saturated heterocycles. The molecular weight excluding hydrogens is 304 g/mol. The molecule has 1 unspecified atom stereocenters. The molecule has 0 bridgehead atoms. The lowest BCUT2D eigenvalue weighted by atomic mass is 10.1. The van der Waals surface area contributed by atoms with Gasteiger partial charge in [-0.25, -0.2) is 0 Å². The molecule has 0 fully saturated rings. The Bertz CT molecular complexity index is 431. The maximum atomic E-state index is 5.63. The third-order valence-corrected chi connectivity index (χ3v) is 5.56. The zero-order valence-electron chi connectivity index (χ0n) is 8.87. The van der Waals surface area contributed by atoms with Crippen LogP contribution in [0.25, 0.3) is 0 Å². The molecule has 86 valence electrons. The minimum atomic E-state index is 0.202. The lowest BCUT2D eigenvalue weighted by Gasteiger charge is -2.12. The second-order valence-electron chi connectivity index (χ2n) is 3.61. The minimum Gasteiger partial charge on any atom is -0.271 e. The van der Waals surface area contributed by atoms with Crippen LogP contribution in [0.3, 0.4) is 0 Å². The van der Waals surface area contributed by atoms with Crippen molar-refractivity contribution in [1.82, 2.24) is 5.43 Å². The quantitative estimate of drug-likeness (QED) is 0.667. The number of hydrazine groups is 1. The normalized spacial score (nSPS) is 12.9. The number of thiophene rings is 2. The fourth-order valence-corrected chi connectivity index (χ4v) is 3.91. The summed E-state index contributed by atoms with van der Waals surface area (Å²) in [7, 11) is 0. The van der Waals surface area contributed by atoms with E-state index in [2.05, 4.69) is 51.9 Å². The minimum absolute atomic E-state index is 0.202. The van der Waals surface area contributed by atoms with Crippen LogP contribution in [0.5, 0.6) is 0 Å². The molecule has 0 saturated carbocycles. The predicted molar refractivity (Wildman–Crippen MR) is 74.8 cm³/mol. The SMILES string of the molecule is Cc1cc(C(Cc2cccs2)NN)sc1Br. The zero-order chi connectivity index (χ0) is 11.5. The van der Waals surface area contributed by atoms with Crippen LogP contribution in [-0.4, -0.2) is 0 Å². The van der Waals surface area contributed by atoms with Crippen molar-refractivity contribution in [3.8, 4) is 0 Å². The highest BCUT2D eigenvalue weighted by Crippen LogP contribution is 2.32. The summed E-state index contributed by atoms with van der Waals surface area (Å²) in [5.74, 6) is 5.63. The molecule has 2 nitrogen and oxygen atoms in total. The summed E-state index contributed by atoms with van der Waals surface area (Å²) >= 11 is 7.06. The van der Waals surface area contributed by atoms with E-state index in [1.165, 1.54) is 19.1 Å². The Morgan fingerprint density at radius 2 is 2.38 bits per heavy atom. The van der Waals surface area contributed by atoms with Gasteiger partial charge in [-0.15, -0.1) is 22.7 Å². The topological polar surface area (TPSA) is 38.0 Å². The third-order valence-electron chi connectivity index (χ3n) is 2.41. The van der Waals surface area contributed by atoms with Crippen molar-refractivity contribution in [3.63, 3.8) is 0 Å². The van der Waals surface area contributed by atoms with Gasteiger partial charge in [-0.2, -0.15) is 0 Å². The molecule has 5 heteroatoms. The summed E-state index contributed by atoms with van der Waals surface area (Å²) in [6, 6.07) is 6.61. The molecule has 2 aromatic heterocycles. The number of nitrogens with one attached hydrogen (secondary N) is 1. The fraction of sp³-hybridized carbons (Fsp3) is 0.273. The Balaban J connectivity index is 2.16. The van der Waals surface area contributed by atoms with Gasteiger partial charge < -0.3 is 0 Å². The van der Waals surface area contributed by atoms with Crippen molar-refractivity contribution in [1.29, 1.82) is 0 Å². The van der Waals surface area contributed by atoms with Gasteiger partial charge in [0.1, 0.15) is 0 Å². The highest BCUT2D eigenvalue weighted by molar-refractivity contribution is 9.11. The van der Waals surface area contributed by atoms with Gasteiger partial charge in [0.2, 0.25) is 0 Å². The number of halogens is 1. The highest BCUT2D eigenvalue weighted by Gasteiger charge is 2.14. The summed E-state index contributed by atoms with van der Waals surface area (Å²) in [6.45, 7) is 2.10. The van der Waals surface area contributed by atoms with Crippen LogP contribution in [0.1, 0.15) is 21.4 Å². The van der Waals surface area contributed by atoms with E-state index in [0.29, 0.717) is 0 Å². The van der Waals surface area contributed by atoms with Crippen molar-refractivity contribution in [2.24, 2.45) is 5.84 Å². The van der Waals surface area contributed by atoms with Crippen molar-refractivity contribution in [2.45, 2.75) is 19.4 Å². The van der Waals surface area contributed by atoms with Crippen LogP contribution < -0.4 is 11.3 Å². The van der Waals surface area contributed by atoms with E-state index >= 15 is 0 Å².